The van der Waals surface area contributed by atoms with E-state index in [2.05, 4.69) is 4.98 Å². The number of carbonyl (C=O) groups is 1. The van der Waals surface area contributed by atoms with Crippen LogP contribution in [0.4, 0.5) is 0 Å². The van der Waals surface area contributed by atoms with Gasteiger partial charge in [0.2, 0.25) is 0 Å². The van der Waals surface area contributed by atoms with E-state index in [0.717, 1.165) is 0 Å². The van der Waals surface area contributed by atoms with Crippen LogP contribution in [0.5, 0.6) is 0 Å². The van der Waals surface area contributed by atoms with Crippen LogP contribution in [0.15, 0.2) is 24.5 Å². The minimum absolute atomic E-state index is 0.0574. The molecule has 1 aromatic heterocycles. The van der Waals surface area contributed by atoms with Crippen molar-refractivity contribution in [3.05, 3.63) is 30.1 Å². The first kappa shape index (κ1) is 24.7. The Balaban J connectivity index is 1.67. The summed E-state index contributed by atoms with van der Waals surface area (Å²) in [7, 11) is 0. The largest absolute Gasteiger partial charge is 0.452 e. The highest BCUT2D eigenvalue weighted by molar-refractivity contribution is 5.89. The molecule has 10 heteroatoms. The highest BCUT2D eigenvalue weighted by atomic mass is 16.7. The van der Waals surface area contributed by atoms with Gasteiger partial charge < -0.3 is 40.1 Å². The maximum absolute atomic E-state index is 13.3. The lowest BCUT2D eigenvalue weighted by molar-refractivity contribution is -0.390. The summed E-state index contributed by atoms with van der Waals surface area (Å²) in [5.74, 6) is -4.39. The first-order valence-corrected chi connectivity index (χ1v) is 12.6. The highest BCUT2D eigenvalue weighted by Crippen LogP contribution is 2.90. The molecule has 3 heterocycles. The number of aliphatic hydroxyl groups excluding tert-OH is 1. The maximum atomic E-state index is 13.3. The van der Waals surface area contributed by atoms with Gasteiger partial charge in [-0.1, -0.05) is 27.7 Å². The first-order chi connectivity index (χ1) is 16.5. The van der Waals surface area contributed by atoms with E-state index in [1.807, 2.05) is 0 Å². The van der Waals surface area contributed by atoms with E-state index in [-0.39, 0.29) is 18.4 Å². The van der Waals surface area contributed by atoms with Crippen molar-refractivity contribution in [3.63, 3.8) is 0 Å². The number of carbonyl (C=O) groups excluding carboxylic acids is 1. The number of esters is 1. The minimum Gasteiger partial charge on any atom is -0.452 e. The molecule has 0 amide bonds. The standard InChI is InChI=1S/C26H35NO9/c1-13(2)23(32)18(35-17(29)15-7-6-10-27-11-15)24(33)19(4)12-22(31)20(23,5)26(24,34)25(36-22)16(28)14(3)8-9-21(19,25)30/h6-7,10-11,13-14,16,18,28,30-34H,8-9,12H2,1-5H3/t14-,16+,18+,19-,20-,21-,22-,23+,24+,25+,26+/m0/s1. The van der Waals surface area contributed by atoms with Crippen LogP contribution in [0.25, 0.3) is 0 Å². The zero-order chi connectivity index (χ0) is 26.5. The van der Waals surface area contributed by atoms with E-state index in [1.165, 1.54) is 38.4 Å². The van der Waals surface area contributed by atoms with Crippen LogP contribution < -0.4 is 0 Å². The Morgan fingerprint density at radius 3 is 2.44 bits per heavy atom. The summed E-state index contributed by atoms with van der Waals surface area (Å²) >= 11 is 0. The summed E-state index contributed by atoms with van der Waals surface area (Å²) in [6.45, 7) is 7.89. The molecular weight excluding hydrogens is 470 g/mol. The van der Waals surface area contributed by atoms with Crippen LogP contribution in [0.1, 0.15) is 64.2 Å². The van der Waals surface area contributed by atoms with Gasteiger partial charge in [-0.05, 0) is 43.7 Å². The first-order valence-electron chi connectivity index (χ1n) is 12.6. The Morgan fingerprint density at radius 2 is 1.86 bits per heavy atom. The van der Waals surface area contributed by atoms with Gasteiger partial charge in [-0.15, -0.1) is 0 Å². The van der Waals surface area contributed by atoms with E-state index in [4.69, 9.17) is 9.47 Å². The topological polar surface area (TPSA) is 170 Å². The second-order valence-electron chi connectivity index (χ2n) is 12.6. The Labute approximate surface area is 208 Å². The van der Waals surface area contributed by atoms with Crippen molar-refractivity contribution in [1.82, 2.24) is 4.98 Å². The molecule has 4 aliphatic carbocycles. The number of pyridine rings is 1. The van der Waals surface area contributed by atoms with Crippen LogP contribution in [0.3, 0.4) is 0 Å². The average molecular weight is 506 g/mol. The van der Waals surface area contributed by atoms with E-state index >= 15 is 0 Å². The maximum Gasteiger partial charge on any atom is 0.340 e. The lowest BCUT2D eigenvalue weighted by Gasteiger charge is -2.60. The lowest BCUT2D eigenvalue weighted by atomic mass is 9.52. The van der Waals surface area contributed by atoms with Gasteiger partial charge in [-0.25, -0.2) is 4.79 Å². The van der Waals surface area contributed by atoms with Gasteiger partial charge in [0.05, 0.1) is 17.1 Å². The molecule has 0 aromatic carbocycles. The van der Waals surface area contributed by atoms with E-state index in [0.29, 0.717) is 6.42 Å². The summed E-state index contributed by atoms with van der Waals surface area (Å²) in [4.78, 5) is 17.2. The number of hydrogen-bond acceptors (Lipinski definition) is 10. The Bertz CT molecular complexity index is 1170. The van der Waals surface area contributed by atoms with E-state index in [9.17, 15) is 35.4 Å². The summed E-state index contributed by atoms with van der Waals surface area (Å²) < 4.78 is 12.1. The number of rotatable bonds is 3. The Kier molecular flexibility index (Phi) is 4.32. The summed E-state index contributed by atoms with van der Waals surface area (Å²) in [6, 6.07) is 3.00. The fourth-order valence-electron chi connectivity index (χ4n) is 9.59. The van der Waals surface area contributed by atoms with E-state index in [1.54, 1.807) is 20.8 Å². The number of nitrogens with zero attached hydrogens (tertiary/aromatic N) is 1. The van der Waals surface area contributed by atoms with Crippen molar-refractivity contribution in [2.45, 2.75) is 99.9 Å². The highest BCUT2D eigenvalue weighted by Gasteiger charge is 3.10. The minimum atomic E-state index is -2.60. The molecule has 2 aliphatic heterocycles. The van der Waals surface area contributed by atoms with Crippen molar-refractivity contribution in [3.8, 4) is 0 Å². The molecule has 2 saturated heterocycles. The fourth-order valence-corrected chi connectivity index (χ4v) is 9.59. The summed E-state index contributed by atoms with van der Waals surface area (Å²) in [5.41, 5.74) is -15.3. The smallest absolute Gasteiger partial charge is 0.340 e. The SMILES string of the molecule is CC(C)[C@@]1(O)[C@@H](OC(=O)c2cccnc2)[C@@]2(O)[C@@]3(C)C[C@]4(O)O[C@@]5([C@H](O)[C@@H](C)CC[C@]35O)[C@@]2(O)[C@]14C. The Morgan fingerprint density at radius 1 is 1.19 bits per heavy atom. The molecular formula is C26H35NO9. The van der Waals surface area contributed by atoms with Gasteiger partial charge in [0, 0.05) is 24.2 Å². The van der Waals surface area contributed by atoms with E-state index < -0.39 is 74.6 Å². The molecule has 0 radical (unpaired) electrons. The molecule has 4 saturated carbocycles. The molecule has 11 atom stereocenters. The van der Waals surface area contributed by atoms with Gasteiger partial charge in [-0.2, -0.15) is 0 Å². The second kappa shape index (κ2) is 6.31. The summed E-state index contributed by atoms with van der Waals surface area (Å²) in [5, 5.41) is 74.1. The molecule has 6 aliphatic rings. The molecule has 6 bridgehead atoms. The predicted molar refractivity (Wildman–Crippen MR) is 122 cm³/mol. The number of ether oxygens (including phenoxy) is 2. The molecule has 7 rings (SSSR count). The Hall–Kier alpha value is -1.66. The van der Waals surface area contributed by atoms with Gasteiger partial charge in [-0.3, -0.25) is 4.98 Å². The van der Waals surface area contributed by atoms with Crippen molar-refractivity contribution >= 4 is 5.97 Å². The van der Waals surface area contributed by atoms with Crippen LogP contribution in [-0.4, -0.2) is 87.6 Å². The monoisotopic (exact) mass is 505 g/mol. The fraction of sp³-hybridized carbons (Fsp3) is 0.769. The molecule has 1 spiro atoms. The van der Waals surface area contributed by atoms with Crippen molar-refractivity contribution < 1.29 is 44.9 Å². The molecule has 6 fully saturated rings. The molecule has 1 aromatic rings. The van der Waals surface area contributed by atoms with Crippen molar-refractivity contribution in [1.29, 1.82) is 0 Å². The number of aromatic nitrogens is 1. The van der Waals surface area contributed by atoms with Gasteiger partial charge in [0.25, 0.3) is 0 Å². The third-order valence-electron chi connectivity index (χ3n) is 11.4. The van der Waals surface area contributed by atoms with Crippen LogP contribution >= 0.6 is 0 Å². The molecule has 0 unspecified atom stereocenters. The second-order valence-corrected chi connectivity index (χ2v) is 12.6. The van der Waals surface area contributed by atoms with Crippen LogP contribution in [-0.2, 0) is 9.47 Å². The zero-order valence-electron chi connectivity index (χ0n) is 21.1. The lowest BCUT2D eigenvalue weighted by Crippen LogP contribution is -2.75. The number of aliphatic hydroxyl groups is 6. The quantitative estimate of drug-likeness (QED) is 0.304. The van der Waals surface area contributed by atoms with Gasteiger partial charge in [0.15, 0.2) is 17.5 Å². The third kappa shape index (κ3) is 1.81. The molecule has 6 N–H and O–H groups in total. The normalized spacial score (nSPS) is 58.4. The van der Waals surface area contributed by atoms with Gasteiger partial charge in [0.1, 0.15) is 22.4 Å². The van der Waals surface area contributed by atoms with Crippen molar-refractivity contribution in [2.24, 2.45) is 22.7 Å². The zero-order valence-corrected chi connectivity index (χ0v) is 21.1. The van der Waals surface area contributed by atoms with Crippen LogP contribution in [0.2, 0.25) is 0 Å². The van der Waals surface area contributed by atoms with Crippen molar-refractivity contribution in [2.75, 3.05) is 0 Å². The number of hydrogen-bond donors (Lipinski definition) is 6. The van der Waals surface area contributed by atoms with Crippen LogP contribution in [0, 0.1) is 22.7 Å². The molecule has 198 valence electrons. The molecule has 36 heavy (non-hydrogen) atoms. The molecule has 10 nitrogen and oxygen atoms in total. The van der Waals surface area contributed by atoms with Gasteiger partial charge >= 0.3 is 5.97 Å². The summed E-state index contributed by atoms with van der Waals surface area (Å²) in [6.07, 6.45) is -0.455. The third-order valence-corrected chi connectivity index (χ3v) is 11.4. The predicted octanol–water partition coefficient (Wildman–Crippen LogP) is -0.121. The average Bonchev–Trinajstić information content (AvgIpc) is 3.06.